The van der Waals surface area contributed by atoms with Crippen LogP contribution in [0, 0.1) is 11.3 Å². The van der Waals surface area contributed by atoms with Gasteiger partial charge in [-0.3, -0.25) is 0 Å². The van der Waals surface area contributed by atoms with Crippen LogP contribution < -0.4 is 0 Å². The fraction of sp³-hybridized carbons (Fsp3) is 0.643. The summed E-state index contributed by atoms with van der Waals surface area (Å²) in [7, 11) is 0. The van der Waals surface area contributed by atoms with E-state index >= 15 is 0 Å². The van der Waals surface area contributed by atoms with Gasteiger partial charge in [-0.15, -0.1) is 0 Å². The summed E-state index contributed by atoms with van der Waals surface area (Å²) in [5.41, 5.74) is 2.08. The molecule has 0 fully saturated rings. The lowest BCUT2D eigenvalue weighted by Gasteiger charge is -2.36. The molecule has 0 saturated carbocycles. The monoisotopic (exact) mass is 318 g/mol. The predicted octanol–water partition coefficient (Wildman–Crippen LogP) is 5.07. The molecule has 0 aromatic heterocycles. The second-order valence-corrected chi connectivity index (χ2v) is 6.76. The highest BCUT2D eigenvalue weighted by Crippen LogP contribution is 2.41. The van der Waals surface area contributed by atoms with Crippen LogP contribution in [0.3, 0.4) is 0 Å². The smallest absolute Gasteiger partial charge is 0.0132 e. The molecular weight excluding hydrogens is 295 g/mol. The average Bonchev–Trinajstić information content (AvgIpc) is 2.29. The van der Waals surface area contributed by atoms with Crippen LogP contribution in [0.15, 0.2) is 21.8 Å². The van der Waals surface area contributed by atoms with Gasteiger partial charge in [0, 0.05) is 0 Å². The maximum absolute atomic E-state index is 2.49. The highest BCUT2D eigenvalue weighted by atomic mass is 127. The molecule has 0 aromatic carbocycles. The van der Waals surface area contributed by atoms with Crippen molar-refractivity contribution in [1.82, 2.24) is 0 Å². The molecule has 0 amide bonds. The van der Waals surface area contributed by atoms with E-state index in [0.29, 0.717) is 11.3 Å². The highest BCUT2D eigenvalue weighted by molar-refractivity contribution is 14.2. The number of hydrogen-bond acceptors (Lipinski definition) is 0. The van der Waals surface area contributed by atoms with Crippen molar-refractivity contribution in [2.75, 3.05) is 0 Å². The zero-order valence-electron chi connectivity index (χ0n) is 10.4. The SMILES string of the molecule is CCCC(C)(CC)C(C)C1=CI=CC=C1. The summed E-state index contributed by atoms with van der Waals surface area (Å²) >= 11 is 0.204. The molecule has 15 heavy (non-hydrogen) atoms. The fourth-order valence-electron chi connectivity index (χ4n) is 2.25. The predicted molar refractivity (Wildman–Crippen MR) is 79.8 cm³/mol. The van der Waals surface area contributed by atoms with Crippen molar-refractivity contribution in [2.45, 2.75) is 47.0 Å². The normalized spacial score (nSPS) is 21.5. The lowest BCUT2D eigenvalue weighted by molar-refractivity contribution is 0.204. The largest absolute Gasteiger partial charge is 0.0934 e. The van der Waals surface area contributed by atoms with E-state index in [2.05, 4.69) is 47.9 Å². The van der Waals surface area contributed by atoms with E-state index in [1.54, 1.807) is 5.57 Å². The van der Waals surface area contributed by atoms with Crippen molar-refractivity contribution < 1.29 is 0 Å². The second-order valence-electron chi connectivity index (χ2n) is 4.70. The summed E-state index contributed by atoms with van der Waals surface area (Å²) in [4.78, 5) is 0. The van der Waals surface area contributed by atoms with Gasteiger partial charge in [0.1, 0.15) is 0 Å². The first-order valence-electron chi connectivity index (χ1n) is 5.96. The van der Waals surface area contributed by atoms with Gasteiger partial charge in [-0.1, -0.05) is 73.4 Å². The van der Waals surface area contributed by atoms with Crippen molar-refractivity contribution in [3.05, 3.63) is 21.8 Å². The molecule has 0 aromatic rings. The van der Waals surface area contributed by atoms with Crippen LogP contribution in [0.2, 0.25) is 0 Å². The first kappa shape index (κ1) is 13.1. The zero-order valence-corrected chi connectivity index (χ0v) is 12.5. The molecule has 1 aliphatic heterocycles. The Kier molecular flexibility index (Phi) is 5.24. The van der Waals surface area contributed by atoms with Crippen LogP contribution in [-0.2, 0) is 0 Å². The van der Waals surface area contributed by atoms with E-state index in [9.17, 15) is 0 Å². The maximum Gasteiger partial charge on any atom is -0.0132 e. The highest BCUT2D eigenvalue weighted by Gasteiger charge is 2.29. The third-order valence-electron chi connectivity index (χ3n) is 3.80. The van der Waals surface area contributed by atoms with Crippen LogP contribution in [0.25, 0.3) is 0 Å². The lowest BCUT2D eigenvalue weighted by atomic mass is 9.70. The maximum atomic E-state index is 2.49. The van der Waals surface area contributed by atoms with E-state index in [1.165, 1.54) is 19.3 Å². The van der Waals surface area contributed by atoms with Crippen molar-refractivity contribution >= 4 is 24.7 Å². The number of halogens is 1. The van der Waals surface area contributed by atoms with E-state index in [-0.39, 0.29) is 20.7 Å². The Hall–Kier alpha value is 0.0800. The average molecular weight is 318 g/mol. The number of allylic oxidation sites excluding steroid dienone is 3. The minimum Gasteiger partial charge on any atom is -0.0934 e. The van der Waals surface area contributed by atoms with Gasteiger partial charge in [-0.2, -0.15) is 0 Å². The summed E-state index contributed by atoms with van der Waals surface area (Å²) in [6.07, 6.45) is 8.50. The van der Waals surface area contributed by atoms with Gasteiger partial charge < -0.3 is 0 Å². The Morgan fingerprint density at radius 3 is 2.60 bits per heavy atom. The Labute approximate surface area is 105 Å². The van der Waals surface area contributed by atoms with E-state index in [0.717, 1.165) is 0 Å². The number of hydrogen-bond donors (Lipinski definition) is 0. The van der Waals surface area contributed by atoms with Gasteiger partial charge in [0.2, 0.25) is 0 Å². The summed E-state index contributed by atoms with van der Waals surface area (Å²) in [6.45, 7) is 9.49. The summed E-state index contributed by atoms with van der Waals surface area (Å²) in [6, 6.07) is 0. The van der Waals surface area contributed by atoms with Crippen LogP contribution in [0.1, 0.15) is 47.0 Å². The first-order chi connectivity index (χ1) is 7.14. The van der Waals surface area contributed by atoms with Crippen LogP contribution >= 0.6 is 20.7 Å². The Bertz CT molecular complexity index is 286. The van der Waals surface area contributed by atoms with Gasteiger partial charge in [0.05, 0.1) is 0 Å². The Morgan fingerprint density at radius 1 is 1.40 bits per heavy atom. The van der Waals surface area contributed by atoms with E-state index in [1.807, 2.05) is 0 Å². The third kappa shape index (κ3) is 3.27. The minimum atomic E-state index is 0.204. The summed E-state index contributed by atoms with van der Waals surface area (Å²) in [5.74, 6) is 0.715. The molecule has 2 unspecified atom stereocenters. The minimum absolute atomic E-state index is 0.204. The van der Waals surface area contributed by atoms with Crippen LogP contribution in [-0.4, -0.2) is 4.01 Å². The first-order valence-corrected chi connectivity index (χ1v) is 8.45. The molecule has 1 rings (SSSR count). The molecule has 86 valence electrons. The van der Waals surface area contributed by atoms with Crippen LogP contribution in [0.5, 0.6) is 0 Å². The molecule has 0 radical (unpaired) electrons. The van der Waals surface area contributed by atoms with Gasteiger partial charge in [0.15, 0.2) is 0 Å². The molecule has 0 aliphatic carbocycles. The van der Waals surface area contributed by atoms with Gasteiger partial charge in [0.25, 0.3) is 0 Å². The number of rotatable bonds is 5. The lowest BCUT2D eigenvalue weighted by Crippen LogP contribution is -2.25. The topological polar surface area (TPSA) is 0 Å². The van der Waals surface area contributed by atoms with E-state index < -0.39 is 0 Å². The quantitative estimate of drug-likeness (QED) is 0.621. The summed E-state index contributed by atoms with van der Waals surface area (Å²) < 4.78 is 4.82. The molecule has 0 spiro atoms. The molecule has 0 nitrogen and oxygen atoms in total. The third-order valence-corrected chi connectivity index (χ3v) is 5.71. The molecule has 1 heteroatoms. The van der Waals surface area contributed by atoms with Crippen molar-refractivity contribution in [3.63, 3.8) is 0 Å². The van der Waals surface area contributed by atoms with Crippen molar-refractivity contribution in [1.29, 1.82) is 0 Å². The molecule has 0 bridgehead atoms. The standard InChI is InChI=1S/C14H23I/c1-5-9-14(4,6-2)12(3)13-8-7-10-15-11-13/h7-8,10-12H,5-6,9H2,1-4H3. The van der Waals surface area contributed by atoms with Gasteiger partial charge in [-0.25, -0.2) is 0 Å². The molecular formula is C14H23I. The van der Waals surface area contributed by atoms with E-state index in [4.69, 9.17) is 0 Å². The molecule has 0 N–H and O–H groups in total. The summed E-state index contributed by atoms with van der Waals surface area (Å²) in [5, 5.41) is 0. The second kappa shape index (κ2) is 5.97. The molecule has 1 aliphatic rings. The van der Waals surface area contributed by atoms with Crippen molar-refractivity contribution in [2.24, 2.45) is 11.3 Å². The Morgan fingerprint density at radius 2 is 2.13 bits per heavy atom. The molecule has 1 heterocycles. The van der Waals surface area contributed by atoms with Gasteiger partial charge in [-0.05, 0) is 31.4 Å². The van der Waals surface area contributed by atoms with Crippen molar-refractivity contribution in [3.8, 4) is 0 Å². The van der Waals surface area contributed by atoms with Crippen LogP contribution in [0.4, 0.5) is 0 Å². The molecule has 0 saturated heterocycles. The molecule has 2 atom stereocenters. The van der Waals surface area contributed by atoms with Gasteiger partial charge >= 0.3 is 0 Å². The Balaban J connectivity index is 2.81. The zero-order chi connectivity index (χ0) is 11.3. The fourth-order valence-corrected chi connectivity index (χ4v) is 4.06.